The number of hydrogen-bond acceptors (Lipinski definition) is 2. The molecule has 0 saturated carbocycles. The average Bonchev–Trinajstić information content (AvgIpc) is 2.57. The highest BCUT2D eigenvalue weighted by Gasteiger charge is 2.29. The predicted molar refractivity (Wildman–Crippen MR) is 94.4 cm³/mol. The number of hydrogen-bond donors (Lipinski definition) is 1. The van der Waals surface area contributed by atoms with Gasteiger partial charge in [0.25, 0.3) is 5.91 Å². The number of benzene rings is 2. The number of alkyl halides is 3. The van der Waals surface area contributed by atoms with Crippen LogP contribution in [0.3, 0.4) is 0 Å². The fraction of sp³-hybridized carbons (Fsp3) is 0.316. The van der Waals surface area contributed by atoms with Crippen LogP contribution in [0.4, 0.5) is 13.2 Å². The zero-order valence-electron chi connectivity index (χ0n) is 14.4. The Morgan fingerprint density at radius 2 is 1.85 bits per heavy atom. The van der Waals surface area contributed by atoms with Crippen LogP contribution in [0.5, 0.6) is 5.75 Å². The van der Waals surface area contributed by atoms with Crippen LogP contribution in [-0.4, -0.2) is 18.6 Å². The Balaban J connectivity index is 1.82. The van der Waals surface area contributed by atoms with Crippen molar-refractivity contribution in [2.24, 2.45) is 0 Å². The molecule has 0 radical (unpaired) electrons. The minimum Gasteiger partial charge on any atom is -0.481 e. The lowest BCUT2D eigenvalue weighted by molar-refractivity contribution is -0.137. The van der Waals surface area contributed by atoms with Crippen LogP contribution in [0.15, 0.2) is 42.5 Å². The molecule has 0 aliphatic rings. The summed E-state index contributed by atoms with van der Waals surface area (Å²) < 4.78 is 43.2. The Hall–Kier alpha value is -2.21. The Labute approximate surface area is 155 Å². The van der Waals surface area contributed by atoms with Crippen molar-refractivity contribution in [3.8, 4) is 5.75 Å². The number of carbonyl (C=O) groups is 1. The van der Waals surface area contributed by atoms with Gasteiger partial charge in [-0.15, -0.1) is 0 Å². The Morgan fingerprint density at radius 1 is 1.19 bits per heavy atom. The van der Waals surface area contributed by atoms with Crippen molar-refractivity contribution in [1.29, 1.82) is 0 Å². The molecule has 0 saturated heterocycles. The van der Waals surface area contributed by atoms with Gasteiger partial charge in [-0.3, -0.25) is 4.79 Å². The van der Waals surface area contributed by atoms with Gasteiger partial charge in [0.15, 0.2) is 6.10 Å². The maximum Gasteiger partial charge on any atom is 0.416 e. The van der Waals surface area contributed by atoms with E-state index in [0.29, 0.717) is 29.3 Å². The lowest BCUT2D eigenvalue weighted by atomic mass is 10.1. The zero-order valence-corrected chi connectivity index (χ0v) is 15.1. The third-order valence-corrected chi connectivity index (χ3v) is 4.04. The number of rotatable bonds is 6. The van der Waals surface area contributed by atoms with Crippen molar-refractivity contribution >= 4 is 17.5 Å². The second-order valence-corrected chi connectivity index (χ2v) is 6.34. The van der Waals surface area contributed by atoms with Crippen LogP contribution in [0.2, 0.25) is 5.02 Å². The third kappa shape index (κ3) is 5.66. The number of halogens is 4. The standard InChI is InChI=1S/C19H19ClF3NO2/c1-12-11-16(20)7-8-17(12)26-13(2)18(25)24-10-9-14-3-5-15(6-4-14)19(21,22)23/h3-8,11,13H,9-10H2,1-2H3,(H,24,25). The molecule has 1 N–H and O–H groups in total. The summed E-state index contributed by atoms with van der Waals surface area (Å²) in [5.41, 5.74) is 0.841. The molecule has 1 atom stereocenters. The molecular formula is C19H19ClF3NO2. The largest absolute Gasteiger partial charge is 0.481 e. The van der Waals surface area contributed by atoms with Gasteiger partial charge in [0.1, 0.15) is 5.75 Å². The summed E-state index contributed by atoms with van der Waals surface area (Å²) in [6, 6.07) is 10.0. The fourth-order valence-electron chi connectivity index (χ4n) is 2.32. The Morgan fingerprint density at radius 3 is 2.42 bits per heavy atom. The summed E-state index contributed by atoms with van der Waals surface area (Å²) in [7, 11) is 0. The molecule has 0 fully saturated rings. The minimum absolute atomic E-state index is 0.300. The van der Waals surface area contributed by atoms with Gasteiger partial charge >= 0.3 is 6.18 Å². The highest BCUT2D eigenvalue weighted by Crippen LogP contribution is 2.29. The highest BCUT2D eigenvalue weighted by molar-refractivity contribution is 6.30. The van der Waals surface area contributed by atoms with Crippen LogP contribution < -0.4 is 10.1 Å². The van der Waals surface area contributed by atoms with E-state index in [1.54, 1.807) is 25.1 Å². The van der Waals surface area contributed by atoms with Gasteiger partial charge in [0.2, 0.25) is 0 Å². The van der Waals surface area contributed by atoms with E-state index < -0.39 is 17.8 Å². The van der Waals surface area contributed by atoms with Crippen LogP contribution in [-0.2, 0) is 17.4 Å². The molecule has 2 aromatic carbocycles. The molecular weight excluding hydrogens is 367 g/mol. The van der Waals surface area contributed by atoms with E-state index in [9.17, 15) is 18.0 Å². The van der Waals surface area contributed by atoms with E-state index in [0.717, 1.165) is 17.7 Å². The molecule has 0 aliphatic heterocycles. The molecule has 7 heteroatoms. The molecule has 1 amide bonds. The van der Waals surface area contributed by atoms with Gasteiger partial charge in [0, 0.05) is 11.6 Å². The lowest BCUT2D eigenvalue weighted by Gasteiger charge is -2.16. The van der Waals surface area contributed by atoms with Crippen LogP contribution in [0.25, 0.3) is 0 Å². The van der Waals surface area contributed by atoms with E-state index in [1.807, 2.05) is 6.92 Å². The van der Waals surface area contributed by atoms with Crippen molar-refractivity contribution in [2.45, 2.75) is 32.5 Å². The van der Waals surface area contributed by atoms with Gasteiger partial charge in [-0.05, 0) is 61.7 Å². The molecule has 0 bridgehead atoms. The molecule has 0 heterocycles. The summed E-state index contributed by atoms with van der Waals surface area (Å²) in [6.45, 7) is 3.76. The van der Waals surface area contributed by atoms with Crippen LogP contribution >= 0.6 is 11.6 Å². The Bertz CT molecular complexity index is 760. The second kappa shape index (κ2) is 8.45. The summed E-state index contributed by atoms with van der Waals surface area (Å²) in [5.74, 6) is 0.269. The number of ether oxygens (including phenoxy) is 1. The predicted octanol–water partition coefficient (Wildman–Crippen LogP) is 4.79. The molecule has 1 unspecified atom stereocenters. The van der Waals surface area contributed by atoms with E-state index in [4.69, 9.17) is 16.3 Å². The molecule has 0 aliphatic carbocycles. The van der Waals surface area contributed by atoms with Crippen LogP contribution in [0.1, 0.15) is 23.6 Å². The number of nitrogens with one attached hydrogen (secondary N) is 1. The third-order valence-electron chi connectivity index (χ3n) is 3.80. The van der Waals surface area contributed by atoms with Crippen LogP contribution in [0, 0.1) is 6.92 Å². The maximum absolute atomic E-state index is 12.5. The fourth-order valence-corrected chi connectivity index (χ4v) is 2.55. The first-order chi connectivity index (χ1) is 12.2. The molecule has 3 nitrogen and oxygen atoms in total. The van der Waals surface area contributed by atoms with Crippen molar-refractivity contribution in [1.82, 2.24) is 5.32 Å². The van der Waals surface area contributed by atoms with Crippen molar-refractivity contribution < 1.29 is 22.7 Å². The van der Waals surface area contributed by atoms with Gasteiger partial charge < -0.3 is 10.1 Å². The summed E-state index contributed by atoms with van der Waals surface area (Å²) >= 11 is 5.88. The number of aryl methyl sites for hydroxylation is 1. The first-order valence-corrected chi connectivity index (χ1v) is 8.41. The van der Waals surface area contributed by atoms with Gasteiger partial charge in [0.05, 0.1) is 5.56 Å². The molecule has 2 rings (SSSR count). The quantitative estimate of drug-likeness (QED) is 0.776. The molecule has 0 spiro atoms. The normalized spacial score (nSPS) is 12.5. The summed E-state index contributed by atoms with van der Waals surface area (Å²) in [5, 5.41) is 3.30. The molecule has 26 heavy (non-hydrogen) atoms. The van der Waals surface area contributed by atoms with Gasteiger partial charge in [-0.25, -0.2) is 0 Å². The van der Waals surface area contributed by atoms with E-state index in [1.165, 1.54) is 12.1 Å². The Kier molecular flexibility index (Phi) is 6.53. The van der Waals surface area contributed by atoms with Crippen molar-refractivity contribution in [3.63, 3.8) is 0 Å². The molecule has 2 aromatic rings. The topological polar surface area (TPSA) is 38.3 Å². The van der Waals surface area contributed by atoms with E-state index in [2.05, 4.69) is 5.32 Å². The molecule has 140 valence electrons. The second-order valence-electron chi connectivity index (χ2n) is 5.91. The number of amides is 1. The number of carbonyl (C=O) groups excluding carboxylic acids is 1. The van der Waals surface area contributed by atoms with Gasteiger partial charge in [-0.2, -0.15) is 13.2 Å². The monoisotopic (exact) mass is 385 g/mol. The van der Waals surface area contributed by atoms with Crippen molar-refractivity contribution in [2.75, 3.05) is 6.54 Å². The van der Waals surface area contributed by atoms with E-state index >= 15 is 0 Å². The van der Waals surface area contributed by atoms with Crippen molar-refractivity contribution in [3.05, 3.63) is 64.2 Å². The highest BCUT2D eigenvalue weighted by atomic mass is 35.5. The smallest absolute Gasteiger partial charge is 0.416 e. The minimum atomic E-state index is -4.35. The first kappa shape index (κ1) is 20.1. The van der Waals surface area contributed by atoms with E-state index in [-0.39, 0.29) is 5.91 Å². The summed E-state index contributed by atoms with van der Waals surface area (Å²) in [4.78, 5) is 12.1. The average molecular weight is 386 g/mol. The molecule has 0 aromatic heterocycles. The van der Waals surface area contributed by atoms with Gasteiger partial charge in [-0.1, -0.05) is 23.7 Å². The maximum atomic E-state index is 12.5. The lowest BCUT2D eigenvalue weighted by Crippen LogP contribution is -2.37. The SMILES string of the molecule is Cc1cc(Cl)ccc1OC(C)C(=O)NCCc1ccc(C(F)(F)F)cc1. The zero-order chi connectivity index (χ0) is 19.3. The summed E-state index contributed by atoms with van der Waals surface area (Å²) in [6.07, 6.45) is -4.63. The first-order valence-electron chi connectivity index (χ1n) is 8.03.